The summed E-state index contributed by atoms with van der Waals surface area (Å²) in [6, 6.07) is 11.4. The molecule has 1 N–H and O–H groups in total. The van der Waals surface area contributed by atoms with Crippen molar-refractivity contribution in [3.63, 3.8) is 0 Å². The van der Waals surface area contributed by atoms with Gasteiger partial charge in [0.15, 0.2) is 0 Å². The quantitative estimate of drug-likeness (QED) is 0.912. The van der Waals surface area contributed by atoms with Crippen LogP contribution in [-0.4, -0.2) is 18.8 Å². The fraction of sp³-hybridized carbons (Fsp3) is 0.250. The molecule has 0 saturated heterocycles. The van der Waals surface area contributed by atoms with E-state index < -0.39 is 17.8 Å². The number of aliphatic hydroxyl groups is 1. The van der Waals surface area contributed by atoms with E-state index in [1.54, 1.807) is 24.3 Å². The molecule has 0 amide bonds. The van der Waals surface area contributed by atoms with E-state index in [-0.39, 0.29) is 12.2 Å². The molecule has 0 bridgehead atoms. The van der Waals surface area contributed by atoms with Gasteiger partial charge in [0.25, 0.3) is 0 Å². The Morgan fingerprint density at radius 2 is 1.59 bits per heavy atom. The minimum atomic E-state index is -4.52. The predicted octanol–water partition coefficient (Wildman–Crippen LogP) is 3.83. The van der Waals surface area contributed by atoms with Crippen molar-refractivity contribution in [1.29, 1.82) is 0 Å². The average Bonchev–Trinajstić information content (AvgIpc) is 2.52. The Morgan fingerprint density at radius 1 is 1.00 bits per heavy atom. The van der Waals surface area contributed by atoms with Crippen LogP contribution in [-0.2, 0) is 6.18 Å². The summed E-state index contributed by atoms with van der Waals surface area (Å²) >= 11 is 0. The van der Waals surface area contributed by atoms with Gasteiger partial charge >= 0.3 is 6.18 Å². The lowest BCUT2D eigenvalue weighted by Crippen LogP contribution is -2.16. The van der Waals surface area contributed by atoms with Gasteiger partial charge in [0, 0.05) is 0 Å². The van der Waals surface area contributed by atoms with E-state index in [4.69, 9.17) is 9.47 Å². The van der Waals surface area contributed by atoms with Crippen LogP contribution in [0.25, 0.3) is 0 Å². The zero-order valence-electron chi connectivity index (χ0n) is 11.8. The van der Waals surface area contributed by atoms with Gasteiger partial charge in [-0.1, -0.05) is 18.2 Å². The van der Waals surface area contributed by atoms with E-state index in [1.807, 2.05) is 0 Å². The third-order valence-electron chi connectivity index (χ3n) is 3.09. The van der Waals surface area contributed by atoms with Gasteiger partial charge in [0.05, 0.1) is 12.7 Å². The molecule has 0 aromatic heterocycles. The van der Waals surface area contributed by atoms with Crippen LogP contribution in [0.5, 0.6) is 11.5 Å². The third-order valence-corrected chi connectivity index (χ3v) is 3.09. The molecule has 1 atom stereocenters. The van der Waals surface area contributed by atoms with E-state index in [0.29, 0.717) is 11.5 Å². The fourth-order valence-corrected chi connectivity index (χ4v) is 1.98. The smallest absolute Gasteiger partial charge is 0.416 e. The maximum Gasteiger partial charge on any atom is 0.416 e. The molecule has 22 heavy (non-hydrogen) atoms. The van der Waals surface area contributed by atoms with Crippen LogP contribution < -0.4 is 9.47 Å². The standard InChI is InChI=1S/C16H15F3O3/c1-21-11-6-8-12(9-7-11)22-10-15(20)13-4-2-3-5-14(13)16(17,18)19/h2-9,15,20H,10H2,1H3. The Hall–Kier alpha value is -2.21. The molecule has 3 nitrogen and oxygen atoms in total. The van der Waals surface area contributed by atoms with Gasteiger partial charge in [-0.05, 0) is 35.9 Å². The SMILES string of the molecule is COc1ccc(OCC(O)c2ccccc2C(F)(F)F)cc1. The van der Waals surface area contributed by atoms with Gasteiger partial charge in [-0.2, -0.15) is 13.2 Å². The summed E-state index contributed by atoms with van der Waals surface area (Å²) in [6.07, 6.45) is -5.89. The third kappa shape index (κ3) is 3.92. The normalized spacial score (nSPS) is 12.8. The van der Waals surface area contributed by atoms with Gasteiger partial charge in [-0.25, -0.2) is 0 Å². The van der Waals surface area contributed by atoms with E-state index in [9.17, 15) is 18.3 Å². The fourth-order valence-electron chi connectivity index (χ4n) is 1.98. The molecule has 0 spiro atoms. The maximum absolute atomic E-state index is 12.9. The average molecular weight is 312 g/mol. The van der Waals surface area contributed by atoms with Crippen molar-refractivity contribution in [2.24, 2.45) is 0 Å². The minimum absolute atomic E-state index is 0.205. The minimum Gasteiger partial charge on any atom is -0.497 e. The van der Waals surface area contributed by atoms with Crippen molar-refractivity contribution in [1.82, 2.24) is 0 Å². The van der Waals surface area contributed by atoms with Crippen LogP contribution in [0.2, 0.25) is 0 Å². The highest BCUT2D eigenvalue weighted by molar-refractivity contribution is 5.33. The summed E-state index contributed by atoms with van der Waals surface area (Å²) < 4.78 is 49.0. The lowest BCUT2D eigenvalue weighted by atomic mass is 10.0. The molecular formula is C16H15F3O3. The van der Waals surface area contributed by atoms with Crippen LogP contribution in [0.1, 0.15) is 17.2 Å². The van der Waals surface area contributed by atoms with Crippen molar-refractivity contribution in [3.05, 3.63) is 59.7 Å². The summed E-state index contributed by atoms with van der Waals surface area (Å²) in [4.78, 5) is 0. The molecule has 1 unspecified atom stereocenters. The Morgan fingerprint density at radius 3 is 2.18 bits per heavy atom. The first-order valence-electron chi connectivity index (χ1n) is 6.53. The van der Waals surface area contributed by atoms with Crippen LogP contribution in [0, 0.1) is 0 Å². The number of aliphatic hydroxyl groups excluding tert-OH is 1. The van der Waals surface area contributed by atoms with E-state index in [0.717, 1.165) is 6.07 Å². The topological polar surface area (TPSA) is 38.7 Å². The molecule has 0 heterocycles. The number of ether oxygens (including phenoxy) is 2. The zero-order valence-corrected chi connectivity index (χ0v) is 11.8. The van der Waals surface area contributed by atoms with Crippen LogP contribution >= 0.6 is 0 Å². The van der Waals surface area contributed by atoms with Gasteiger partial charge in [0.2, 0.25) is 0 Å². The number of benzene rings is 2. The predicted molar refractivity (Wildman–Crippen MR) is 74.9 cm³/mol. The maximum atomic E-state index is 12.9. The van der Waals surface area contributed by atoms with E-state index in [1.165, 1.54) is 25.3 Å². The molecule has 118 valence electrons. The van der Waals surface area contributed by atoms with Crippen molar-refractivity contribution in [2.75, 3.05) is 13.7 Å². The van der Waals surface area contributed by atoms with Gasteiger partial charge < -0.3 is 14.6 Å². The Labute approximate surface area is 125 Å². The zero-order chi connectivity index (χ0) is 16.2. The van der Waals surface area contributed by atoms with Crippen LogP contribution in [0.3, 0.4) is 0 Å². The second-order valence-corrected chi connectivity index (χ2v) is 4.59. The molecular weight excluding hydrogens is 297 g/mol. The summed E-state index contributed by atoms with van der Waals surface area (Å²) in [7, 11) is 1.52. The molecule has 2 aromatic carbocycles. The highest BCUT2D eigenvalue weighted by Crippen LogP contribution is 2.34. The molecule has 0 fully saturated rings. The largest absolute Gasteiger partial charge is 0.497 e. The lowest BCUT2D eigenvalue weighted by Gasteiger charge is -2.18. The molecule has 0 aliphatic rings. The second-order valence-electron chi connectivity index (χ2n) is 4.59. The Balaban J connectivity index is 2.07. The van der Waals surface area contributed by atoms with Crippen LogP contribution in [0.15, 0.2) is 48.5 Å². The van der Waals surface area contributed by atoms with E-state index >= 15 is 0 Å². The van der Waals surface area contributed by atoms with Crippen molar-refractivity contribution >= 4 is 0 Å². The number of hydrogen-bond acceptors (Lipinski definition) is 3. The first kappa shape index (κ1) is 16.2. The summed E-state index contributed by atoms with van der Waals surface area (Å²) in [5.74, 6) is 1.07. The monoisotopic (exact) mass is 312 g/mol. The number of hydrogen-bond donors (Lipinski definition) is 1. The number of halogens is 3. The Bertz CT molecular complexity index is 609. The summed E-state index contributed by atoms with van der Waals surface area (Å²) in [5, 5.41) is 9.98. The first-order valence-corrected chi connectivity index (χ1v) is 6.53. The molecule has 6 heteroatoms. The van der Waals surface area contributed by atoms with Crippen molar-refractivity contribution < 1.29 is 27.8 Å². The van der Waals surface area contributed by atoms with Crippen LogP contribution in [0.4, 0.5) is 13.2 Å². The summed E-state index contributed by atoms with van der Waals surface area (Å²) in [5.41, 5.74) is -1.07. The Kier molecular flexibility index (Phi) is 4.92. The lowest BCUT2D eigenvalue weighted by molar-refractivity contribution is -0.139. The molecule has 2 rings (SSSR count). The molecule has 0 aliphatic carbocycles. The number of methoxy groups -OCH3 is 1. The van der Waals surface area contributed by atoms with Crippen molar-refractivity contribution in [2.45, 2.75) is 12.3 Å². The van der Waals surface area contributed by atoms with Crippen molar-refractivity contribution in [3.8, 4) is 11.5 Å². The van der Waals surface area contributed by atoms with Gasteiger partial charge in [-0.3, -0.25) is 0 Å². The molecule has 2 aromatic rings. The van der Waals surface area contributed by atoms with Gasteiger partial charge in [-0.15, -0.1) is 0 Å². The highest BCUT2D eigenvalue weighted by atomic mass is 19.4. The summed E-state index contributed by atoms with van der Waals surface area (Å²) in [6.45, 7) is -0.278. The highest BCUT2D eigenvalue weighted by Gasteiger charge is 2.34. The molecule has 0 radical (unpaired) electrons. The van der Waals surface area contributed by atoms with Gasteiger partial charge in [0.1, 0.15) is 24.2 Å². The molecule has 0 saturated carbocycles. The number of rotatable bonds is 5. The van der Waals surface area contributed by atoms with E-state index in [2.05, 4.69) is 0 Å². The number of alkyl halides is 3. The molecule has 0 aliphatic heterocycles. The second kappa shape index (κ2) is 6.70. The first-order chi connectivity index (χ1) is 10.4.